The van der Waals surface area contributed by atoms with E-state index in [4.69, 9.17) is 4.74 Å². The van der Waals surface area contributed by atoms with Gasteiger partial charge in [0.2, 0.25) is 17.7 Å². The first-order chi connectivity index (χ1) is 14.1. The second-order valence-corrected chi connectivity index (χ2v) is 7.64. The van der Waals surface area contributed by atoms with Crippen molar-refractivity contribution in [1.82, 2.24) is 19.8 Å². The van der Waals surface area contributed by atoms with Crippen LogP contribution in [0.5, 0.6) is 11.6 Å². The zero-order chi connectivity index (χ0) is 20.2. The first-order valence-electron chi connectivity index (χ1n) is 10.3. The largest absolute Gasteiger partial charge is 0.439 e. The SMILES string of the molecule is Cc1cc(Oc2ccccc2)nc(C2CCCCN2C(=O)CN2CCCC2=O)n1. The summed E-state index contributed by atoms with van der Waals surface area (Å²) in [4.78, 5) is 37.7. The van der Waals surface area contributed by atoms with Crippen molar-refractivity contribution in [2.45, 2.75) is 45.1 Å². The second-order valence-electron chi connectivity index (χ2n) is 7.64. The fourth-order valence-electron chi connectivity index (χ4n) is 4.00. The highest BCUT2D eigenvalue weighted by molar-refractivity contribution is 5.86. The van der Waals surface area contributed by atoms with Crippen molar-refractivity contribution in [1.29, 1.82) is 0 Å². The van der Waals surface area contributed by atoms with Crippen LogP contribution < -0.4 is 4.74 Å². The van der Waals surface area contributed by atoms with Gasteiger partial charge in [-0.1, -0.05) is 18.2 Å². The molecular formula is C22H26N4O3. The lowest BCUT2D eigenvalue weighted by molar-refractivity contribution is -0.141. The summed E-state index contributed by atoms with van der Waals surface area (Å²) in [6.45, 7) is 3.38. The average Bonchev–Trinajstić information content (AvgIpc) is 3.13. The van der Waals surface area contributed by atoms with E-state index in [-0.39, 0.29) is 24.4 Å². The zero-order valence-electron chi connectivity index (χ0n) is 16.7. The Bertz CT molecular complexity index is 887. The molecule has 152 valence electrons. The molecule has 0 N–H and O–H groups in total. The molecule has 7 heteroatoms. The molecule has 29 heavy (non-hydrogen) atoms. The van der Waals surface area contributed by atoms with E-state index in [2.05, 4.69) is 9.97 Å². The lowest BCUT2D eigenvalue weighted by Crippen LogP contribution is -2.45. The van der Waals surface area contributed by atoms with E-state index in [9.17, 15) is 9.59 Å². The van der Waals surface area contributed by atoms with Crippen LogP contribution in [0, 0.1) is 6.92 Å². The van der Waals surface area contributed by atoms with Crippen LogP contribution in [-0.2, 0) is 9.59 Å². The Hall–Kier alpha value is -2.96. The summed E-state index contributed by atoms with van der Waals surface area (Å²) in [6.07, 6.45) is 4.15. The molecule has 2 aliphatic rings. The highest BCUT2D eigenvalue weighted by Gasteiger charge is 2.33. The number of carbonyl (C=O) groups excluding carboxylic acids is 2. The number of hydrogen-bond acceptors (Lipinski definition) is 5. The minimum Gasteiger partial charge on any atom is -0.439 e. The highest BCUT2D eigenvalue weighted by Crippen LogP contribution is 2.31. The Morgan fingerprint density at radius 2 is 1.97 bits per heavy atom. The van der Waals surface area contributed by atoms with E-state index in [0.717, 1.165) is 31.4 Å². The van der Waals surface area contributed by atoms with Gasteiger partial charge >= 0.3 is 0 Å². The van der Waals surface area contributed by atoms with Gasteiger partial charge in [-0.2, -0.15) is 4.98 Å². The summed E-state index contributed by atoms with van der Waals surface area (Å²) in [7, 11) is 0. The molecule has 0 saturated carbocycles. The van der Waals surface area contributed by atoms with Gasteiger partial charge in [0.1, 0.15) is 5.75 Å². The van der Waals surface area contributed by atoms with E-state index >= 15 is 0 Å². The fourth-order valence-corrected chi connectivity index (χ4v) is 4.00. The van der Waals surface area contributed by atoms with Crippen molar-refractivity contribution < 1.29 is 14.3 Å². The Balaban J connectivity index is 1.54. The first kappa shape index (κ1) is 19.4. The summed E-state index contributed by atoms with van der Waals surface area (Å²) >= 11 is 0. The molecule has 2 fully saturated rings. The summed E-state index contributed by atoms with van der Waals surface area (Å²) < 4.78 is 5.90. The second kappa shape index (κ2) is 8.59. The normalized spacial score (nSPS) is 19.5. The molecule has 7 nitrogen and oxygen atoms in total. The molecule has 2 aliphatic heterocycles. The Morgan fingerprint density at radius 1 is 1.14 bits per heavy atom. The predicted octanol–water partition coefficient (Wildman–Crippen LogP) is 3.25. The van der Waals surface area contributed by atoms with Gasteiger partial charge in [-0.15, -0.1) is 0 Å². The Morgan fingerprint density at radius 3 is 2.72 bits per heavy atom. The number of hydrogen-bond donors (Lipinski definition) is 0. The molecular weight excluding hydrogens is 368 g/mol. The number of ether oxygens (including phenoxy) is 1. The van der Waals surface area contributed by atoms with E-state index < -0.39 is 0 Å². The number of nitrogens with zero attached hydrogens (tertiary/aromatic N) is 4. The molecule has 4 rings (SSSR count). The van der Waals surface area contributed by atoms with E-state index in [1.165, 1.54) is 0 Å². The Kier molecular flexibility index (Phi) is 5.74. The number of rotatable bonds is 5. The number of likely N-dealkylation sites (tertiary alicyclic amines) is 2. The molecule has 0 spiro atoms. The molecule has 2 saturated heterocycles. The van der Waals surface area contributed by atoms with Crippen LogP contribution in [0.4, 0.5) is 0 Å². The quantitative estimate of drug-likeness (QED) is 0.778. The summed E-state index contributed by atoms with van der Waals surface area (Å²) in [5.41, 5.74) is 0.800. The maximum atomic E-state index is 13.0. The van der Waals surface area contributed by atoms with Gasteiger partial charge in [0, 0.05) is 31.3 Å². The van der Waals surface area contributed by atoms with E-state index in [1.807, 2.05) is 42.2 Å². The number of benzene rings is 1. The lowest BCUT2D eigenvalue weighted by atomic mass is 10.0. The van der Waals surface area contributed by atoms with Gasteiger partial charge in [0.15, 0.2) is 5.82 Å². The molecule has 1 unspecified atom stereocenters. The van der Waals surface area contributed by atoms with Crippen molar-refractivity contribution >= 4 is 11.8 Å². The van der Waals surface area contributed by atoms with Crippen LogP contribution >= 0.6 is 0 Å². The standard InChI is InChI=1S/C22H26N4O3/c1-16-14-19(29-17-8-3-2-4-9-17)24-22(23-16)18-10-5-6-13-26(18)21(28)15-25-12-7-11-20(25)27/h2-4,8-9,14,18H,5-7,10-13,15H2,1H3. The van der Waals surface area contributed by atoms with Crippen LogP contribution in [0.15, 0.2) is 36.4 Å². The summed E-state index contributed by atoms with van der Waals surface area (Å²) in [5, 5.41) is 0. The van der Waals surface area contributed by atoms with E-state index in [1.54, 1.807) is 11.0 Å². The molecule has 1 aromatic heterocycles. The Labute approximate surface area is 170 Å². The minimum absolute atomic E-state index is 0.0272. The van der Waals surface area contributed by atoms with Gasteiger partial charge < -0.3 is 14.5 Å². The van der Waals surface area contributed by atoms with Crippen LogP contribution in [0.2, 0.25) is 0 Å². The van der Waals surface area contributed by atoms with Crippen LogP contribution in [0.25, 0.3) is 0 Å². The molecule has 1 aromatic carbocycles. The highest BCUT2D eigenvalue weighted by atomic mass is 16.5. The van der Waals surface area contributed by atoms with Crippen molar-refractivity contribution in [3.8, 4) is 11.6 Å². The van der Waals surface area contributed by atoms with Gasteiger partial charge in [-0.25, -0.2) is 4.98 Å². The minimum atomic E-state index is -0.188. The molecule has 0 bridgehead atoms. The fraction of sp³-hybridized carbons (Fsp3) is 0.455. The number of amides is 2. The molecule has 1 atom stereocenters. The van der Waals surface area contributed by atoms with Crippen molar-refractivity contribution in [3.05, 3.63) is 47.9 Å². The molecule has 3 heterocycles. The van der Waals surface area contributed by atoms with Gasteiger partial charge in [-0.3, -0.25) is 9.59 Å². The summed E-state index contributed by atoms with van der Waals surface area (Å²) in [5.74, 6) is 1.83. The monoisotopic (exact) mass is 394 g/mol. The van der Waals surface area contributed by atoms with Crippen LogP contribution in [-0.4, -0.2) is 51.2 Å². The van der Waals surface area contributed by atoms with Crippen molar-refractivity contribution in [2.75, 3.05) is 19.6 Å². The van der Waals surface area contributed by atoms with Crippen molar-refractivity contribution in [2.24, 2.45) is 0 Å². The number of aromatic nitrogens is 2. The number of para-hydroxylation sites is 1. The number of piperidine rings is 1. The van der Waals surface area contributed by atoms with Gasteiger partial charge in [-0.05, 0) is 44.7 Å². The number of aryl methyl sites for hydroxylation is 1. The molecule has 0 aliphatic carbocycles. The molecule has 2 amide bonds. The zero-order valence-corrected chi connectivity index (χ0v) is 16.7. The number of carbonyl (C=O) groups is 2. The van der Waals surface area contributed by atoms with Gasteiger partial charge in [0.05, 0.1) is 12.6 Å². The first-order valence-corrected chi connectivity index (χ1v) is 10.3. The lowest BCUT2D eigenvalue weighted by Gasteiger charge is -2.35. The third-order valence-electron chi connectivity index (χ3n) is 5.43. The van der Waals surface area contributed by atoms with Crippen LogP contribution in [0.3, 0.4) is 0 Å². The molecule has 2 aromatic rings. The van der Waals surface area contributed by atoms with Crippen LogP contribution in [0.1, 0.15) is 49.7 Å². The predicted molar refractivity (Wildman–Crippen MR) is 107 cm³/mol. The van der Waals surface area contributed by atoms with E-state index in [0.29, 0.717) is 37.0 Å². The van der Waals surface area contributed by atoms with Crippen molar-refractivity contribution in [3.63, 3.8) is 0 Å². The maximum absolute atomic E-state index is 13.0. The maximum Gasteiger partial charge on any atom is 0.242 e. The third kappa shape index (κ3) is 4.55. The average molecular weight is 394 g/mol. The smallest absolute Gasteiger partial charge is 0.242 e. The molecule has 0 radical (unpaired) electrons. The topological polar surface area (TPSA) is 75.6 Å². The van der Waals surface area contributed by atoms with Gasteiger partial charge in [0.25, 0.3) is 0 Å². The summed E-state index contributed by atoms with van der Waals surface area (Å²) in [6, 6.07) is 11.1. The third-order valence-corrected chi connectivity index (χ3v) is 5.43.